The molecule has 2 aromatic carbocycles. The summed E-state index contributed by atoms with van der Waals surface area (Å²) < 4.78 is 5.25. The molecule has 1 N–H and O–H groups in total. The van der Waals surface area contributed by atoms with Gasteiger partial charge in [-0.2, -0.15) is 0 Å². The number of benzene rings is 2. The molecule has 1 amide bonds. The van der Waals surface area contributed by atoms with Gasteiger partial charge >= 0.3 is 5.97 Å². The Balaban J connectivity index is 1.64. The number of amides is 1. The number of hydrogen-bond acceptors (Lipinski definition) is 4. The monoisotopic (exact) mass is 325 g/mol. The summed E-state index contributed by atoms with van der Waals surface area (Å²) in [5.41, 5.74) is 2.60. The first-order valence-electron chi connectivity index (χ1n) is 7.90. The van der Waals surface area contributed by atoms with E-state index in [-0.39, 0.29) is 17.2 Å². The summed E-state index contributed by atoms with van der Waals surface area (Å²) >= 11 is 0. The SMILES string of the molecule is C[C@@H](OC(=O)c1cccc(O)c1)C(=O)N1CCc2ccccc2C1. The summed E-state index contributed by atoms with van der Waals surface area (Å²) in [6.07, 6.45) is -0.0695. The third-order valence-electron chi connectivity index (χ3n) is 4.16. The minimum Gasteiger partial charge on any atom is -0.508 e. The molecule has 0 spiro atoms. The van der Waals surface area contributed by atoms with Gasteiger partial charge in [-0.05, 0) is 42.7 Å². The Morgan fingerprint density at radius 3 is 2.62 bits per heavy atom. The van der Waals surface area contributed by atoms with Crippen molar-refractivity contribution in [3.63, 3.8) is 0 Å². The number of aromatic hydroxyl groups is 1. The van der Waals surface area contributed by atoms with Crippen LogP contribution in [0.1, 0.15) is 28.4 Å². The van der Waals surface area contributed by atoms with Gasteiger partial charge in [-0.3, -0.25) is 4.79 Å². The molecule has 0 fully saturated rings. The smallest absolute Gasteiger partial charge is 0.339 e. The second kappa shape index (κ2) is 6.74. The number of fused-ring (bicyclic) bond motifs is 1. The van der Waals surface area contributed by atoms with Crippen molar-refractivity contribution in [2.24, 2.45) is 0 Å². The van der Waals surface area contributed by atoms with Crippen molar-refractivity contribution < 1.29 is 19.4 Å². The predicted molar refractivity (Wildman–Crippen MR) is 88.5 cm³/mol. The Morgan fingerprint density at radius 2 is 1.88 bits per heavy atom. The highest BCUT2D eigenvalue weighted by Gasteiger charge is 2.27. The lowest BCUT2D eigenvalue weighted by atomic mass is 9.99. The van der Waals surface area contributed by atoms with E-state index in [1.54, 1.807) is 17.9 Å². The number of carbonyl (C=O) groups is 2. The molecule has 3 rings (SSSR count). The van der Waals surface area contributed by atoms with Gasteiger partial charge in [0.1, 0.15) is 5.75 Å². The van der Waals surface area contributed by atoms with Crippen molar-refractivity contribution in [1.82, 2.24) is 4.90 Å². The van der Waals surface area contributed by atoms with Gasteiger partial charge < -0.3 is 14.7 Å². The van der Waals surface area contributed by atoms with E-state index in [1.807, 2.05) is 18.2 Å². The second-order valence-corrected chi connectivity index (χ2v) is 5.88. The molecular formula is C19H19NO4. The third-order valence-corrected chi connectivity index (χ3v) is 4.16. The normalized spacial score (nSPS) is 14.6. The minimum absolute atomic E-state index is 0.0175. The molecular weight excluding hydrogens is 306 g/mol. The van der Waals surface area contributed by atoms with E-state index >= 15 is 0 Å². The zero-order chi connectivity index (χ0) is 17.1. The van der Waals surface area contributed by atoms with Crippen LogP contribution in [-0.2, 0) is 22.5 Å². The third kappa shape index (κ3) is 3.40. The van der Waals surface area contributed by atoms with Gasteiger partial charge in [-0.15, -0.1) is 0 Å². The topological polar surface area (TPSA) is 66.8 Å². The number of ether oxygens (including phenoxy) is 1. The van der Waals surface area contributed by atoms with Crippen molar-refractivity contribution in [3.8, 4) is 5.75 Å². The highest BCUT2D eigenvalue weighted by Crippen LogP contribution is 2.20. The van der Waals surface area contributed by atoms with Crippen LogP contribution in [-0.4, -0.2) is 34.5 Å². The first kappa shape index (κ1) is 16.1. The lowest BCUT2D eigenvalue weighted by molar-refractivity contribution is -0.140. The molecule has 0 aromatic heterocycles. The average Bonchev–Trinajstić information content (AvgIpc) is 2.60. The molecule has 0 saturated heterocycles. The van der Waals surface area contributed by atoms with Crippen LogP contribution in [0.3, 0.4) is 0 Å². The largest absolute Gasteiger partial charge is 0.508 e. The lowest BCUT2D eigenvalue weighted by Crippen LogP contribution is -2.42. The van der Waals surface area contributed by atoms with Crippen molar-refractivity contribution in [3.05, 3.63) is 65.2 Å². The fourth-order valence-electron chi connectivity index (χ4n) is 2.85. The van der Waals surface area contributed by atoms with Crippen LogP contribution < -0.4 is 0 Å². The first-order valence-corrected chi connectivity index (χ1v) is 7.90. The van der Waals surface area contributed by atoms with Crippen LogP contribution in [0.5, 0.6) is 5.75 Å². The molecule has 1 aliphatic rings. The number of phenolic OH excluding ortho intramolecular Hbond substituents is 1. The Hall–Kier alpha value is -2.82. The average molecular weight is 325 g/mol. The highest BCUT2D eigenvalue weighted by molar-refractivity contribution is 5.92. The number of nitrogens with zero attached hydrogens (tertiary/aromatic N) is 1. The zero-order valence-corrected chi connectivity index (χ0v) is 13.4. The van der Waals surface area contributed by atoms with Crippen molar-refractivity contribution in [1.29, 1.82) is 0 Å². The minimum atomic E-state index is -0.870. The van der Waals surface area contributed by atoms with E-state index in [1.165, 1.54) is 23.8 Å². The molecule has 0 aliphatic carbocycles. The molecule has 1 aliphatic heterocycles. The van der Waals surface area contributed by atoms with Gasteiger partial charge in [0.2, 0.25) is 0 Å². The standard InChI is InChI=1S/C19H19NO4/c1-13(24-19(23)15-7-4-8-17(21)11-15)18(22)20-10-9-14-5-2-3-6-16(14)12-20/h2-8,11,13,21H,9-10,12H2,1H3/t13-/m1/s1. The van der Waals surface area contributed by atoms with Gasteiger partial charge in [-0.1, -0.05) is 30.3 Å². The maximum absolute atomic E-state index is 12.5. The number of carbonyl (C=O) groups excluding carboxylic acids is 2. The predicted octanol–water partition coefficient (Wildman–Crippen LogP) is 2.52. The van der Waals surface area contributed by atoms with E-state index in [2.05, 4.69) is 6.07 Å². The Bertz CT molecular complexity index is 771. The molecule has 0 bridgehead atoms. The van der Waals surface area contributed by atoms with E-state index in [9.17, 15) is 14.7 Å². The zero-order valence-electron chi connectivity index (χ0n) is 13.4. The summed E-state index contributed by atoms with van der Waals surface area (Å²) in [6, 6.07) is 13.9. The van der Waals surface area contributed by atoms with E-state index in [0.717, 1.165) is 12.0 Å². The Kier molecular flexibility index (Phi) is 4.51. The summed E-state index contributed by atoms with van der Waals surface area (Å²) in [6.45, 7) is 2.72. The van der Waals surface area contributed by atoms with E-state index in [0.29, 0.717) is 13.1 Å². The fraction of sp³-hybridized carbons (Fsp3) is 0.263. The van der Waals surface area contributed by atoms with Crippen LogP contribution in [0.4, 0.5) is 0 Å². The maximum Gasteiger partial charge on any atom is 0.339 e. The molecule has 0 saturated carbocycles. The summed E-state index contributed by atoms with van der Waals surface area (Å²) in [4.78, 5) is 26.3. The quantitative estimate of drug-likeness (QED) is 0.881. The second-order valence-electron chi connectivity index (χ2n) is 5.88. The van der Waals surface area contributed by atoms with Crippen molar-refractivity contribution in [2.75, 3.05) is 6.54 Å². The number of hydrogen-bond donors (Lipinski definition) is 1. The van der Waals surface area contributed by atoms with Crippen molar-refractivity contribution in [2.45, 2.75) is 26.0 Å². The summed E-state index contributed by atoms with van der Waals surface area (Å²) in [5, 5.41) is 9.42. The van der Waals surface area contributed by atoms with Crippen LogP contribution in [0.15, 0.2) is 48.5 Å². The molecule has 1 heterocycles. The number of phenols is 1. The van der Waals surface area contributed by atoms with Crippen LogP contribution in [0, 0.1) is 0 Å². The summed E-state index contributed by atoms with van der Waals surface area (Å²) in [7, 11) is 0. The van der Waals surface area contributed by atoms with Gasteiger partial charge in [0.25, 0.3) is 5.91 Å². The molecule has 1 atom stereocenters. The van der Waals surface area contributed by atoms with Gasteiger partial charge in [0.05, 0.1) is 5.56 Å². The maximum atomic E-state index is 12.5. The molecule has 24 heavy (non-hydrogen) atoms. The van der Waals surface area contributed by atoms with E-state index in [4.69, 9.17) is 4.74 Å². The van der Waals surface area contributed by atoms with Crippen LogP contribution in [0.2, 0.25) is 0 Å². The van der Waals surface area contributed by atoms with Crippen LogP contribution >= 0.6 is 0 Å². The Morgan fingerprint density at radius 1 is 1.12 bits per heavy atom. The molecule has 5 heteroatoms. The van der Waals surface area contributed by atoms with E-state index < -0.39 is 12.1 Å². The molecule has 2 aromatic rings. The number of esters is 1. The van der Waals surface area contributed by atoms with Crippen LogP contribution in [0.25, 0.3) is 0 Å². The molecule has 0 radical (unpaired) electrons. The molecule has 124 valence electrons. The summed E-state index contributed by atoms with van der Waals surface area (Å²) in [5.74, 6) is -0.849. The van der Waals surface area contributed by atoms with Gasteiger partial charge in [0.15, 0.2) is 6.10 Å². The first-order chi connectivity index (χ1) is 11.5. The van der Waals surface area contributed by atoms with Gasteiger partial charge in [0, 0.05) is 13.1 Å². The number of rotatable bonds is 3. The molecule has 0 unspecified atom stereocenters. The Labute approximate surface area is 140 Å². The fourth-order valence-corrected chi connectivity index (χ4v) is 2.85. The lowest BCUT2D eigenvalue weighted by Gasteiger charge is -2.30. The van der Waals surface area contributed by atoms with Gasteiger partial charge in [-0.25, -0.2) is 4.79 Å². The van der Waals surface area contributed by atoms with Crippen molar-refractivity contribution >= 4 is 11.9 Å². The molecule has 5 nitrogen and oxygen atoms in total. The highest BCUT2D eigenvalue weighted by atomic mass is 16.5.